The lowest BCUT2D eigenvalue weighted by Gasteiger charge is -2.23. The third kappa shape index (κ3) is 7.43. The van der Waals surface area contributed by atoms with Gasteiger partial charge in [-0.1, -0.05) is 24.8 Å². The highest BCUT2D eigenvalue weighted by Gasteiger charge is 2.29. The van der Waals surface area contributed by atoms with Crippen LogP contribution < -0.4 is 5.32 Å². The van der Waals surface area contributed by atoms with Gasteiger partial charge in [-0.3, -0.25) is 14.9 Å². The highest BCUT2D eigenvalue weighted by molar-refractivity contribution is 8.13. The van der Waals surface area contributed by atoms with Crippen molar-refractivity contribution in [3.8, 4) is 0 Å². The number of aromatic nitrogens is 1. The summed E-state index contributed by atoms with van der Waals surface area (Å²) in [7, 11) is 0. The van der Waals surface area contributed by atoms with Crippen molar-refractivity contribution in [1.82, 2.24) is 4.98 Å². The summed E-state index contributed by atoms with van der Waals surface area (Å²) in [6, 6.07) is 3.35. The summed E-state index contributed by atoms with van der Waals surface area (Å²) in [6.07, 6.45) is 1.54. The number of nitrogens with zero attached hydrogens (tertiary/aromatic N) is 1. The molecule has 144 valence electrons. The van der Waals surface area contributed by atoms with E-state index in [4.69, 9.17) is 4.74 Å². The highest BCUT2D eigenvalue weighted by Crippen LogP contribution is 2.31. The summed E-state index contributed by atoms with van der Waals surface area (Å²) in [5, 5.41) is 11.9. The van der Waals surface area contributed by atoms with Crippen LogP contribution in [0.4, 0.5) is 10.6 Å². The Morgan fingerprint density at radius 2 is 1.96 bits per heavy atom. The minimum absolute atomic E-state index is 0.110. The molecule has 1 amide bonds. The van der Waals surface area contributed by atoms with Crippen LogP contribution in [0.5, 0.6) is 0 Å². The Labute approximate surface area is 157 Å². The van der Waals surface area contributed by atoms with Crippen molar-refractivity contribution < 1.29 is 24.2 Å². The monoisotopic (exact) mass is 382 g/mol. The Hall–Kier alpha value is -2.09. The largest absolute Gasteiger partial charge is 0.481 e. The van der Waals surface area contributed by atoms with Gasteiger partial charge in [-0.25, -0.2) is 9.78 Å². The molecule has 26 heavy (non-hydrogen) atoms. The van der Waals surface area contributed by atoms with Crippen LogP contribution in [0.1, 0.15) is 52.5 Å². The van der Waals surface area contributed by atoms with Gasteiger partial charge in [0.05, 0.1) is 5.92 Å². The molecule has 1 heterocycles. The molecule has 1 rings (SSSR count). The van der Waals surface area contributed by atoms with E-state index in [0.717, 1.165) is 17.3 Å². The van der Waals surface area contributed by atoms with Crippen LogP contribution in [0.15, 0.2) is 18.3 Å². The minimum Gasteiger partial charge on any atom is -0.481 e. The molecule has 0 aromatic carbocycles. The van der Waals surface area contributed by atoms with E-state index in [0.29, 0.717) is 12.2 Å². The van der Waals surface area contributed by atoms with Crippen molar-refractivity contribution in [2.24, 2.45) is 5.92 Å². The first-order chi connectivity index (χ1) is 12.0. The third-order valence-electron chi connectivity index (χ3n) is 3.55. The number of aliphatic carboxylic acids is 1. The second-order valence-corrected chi connectivity index (χ2v) is 8.06. The molecule has 0 saturated carbocycles. The summed E-state index contributed by atoms with van der Waals surface area (Å²) < 4.78 is 5.16. The van der Waals surface area contributed by atoms with Gasteiger partial charge in [0.1, 0.15) is 11.4 Å². The maximum absolute atomic E-state index is 11.8. The van der Waals surface area contributed by atoms with E-state index in [1.807, 2.05) is 6.92 Å². The summed E-state index contributed by atoms with van der Waals surface area (Å²) in [5.41, 5.74) is 0.138. The molecule has 0 aliphatic carbocycles. The number of pyridine rings is 1. The molecule has 8 heteroatoms. The average Bonchev–Trinajstić information content (AvgIpc) is 2.50. The van der Waals surface area contributed by atoms with Gasteiger partial charge in [0, 0.05) is 18.9 Å². The van der Waals surface area contributed by atoms with Crippen LogP contribution in [0.25, 0.3) is 0 Å². The Balaban J connectivity index is 2.87. The zero-order valence-electron chi connectivity index (χ0n) is 15.7. The number of amides is 1. The van der Waals surface area contributed by atoms with E-state index in [-0.39, 0.29) is 16.8 Å². The zero-order chi connectivity index (χ0) is 19.9. The highest BCUT2D eigenvalue weighted by atomic mass is 32.2. The maximum Gasteiger partial charge on any atom is 0.413 e. The summed E-state index contributed by atoms with van der Waals surface area (Å²) in [6.45, 7) is 8.61. The normalized spacial score (nSPS) is 13.6. The van der Waals surface area contributed by atoms with Crippen molar-refractivity contribution >= 4 is 34.8 Å². The first-order valence-corrected chi connectivity index (χ1v) is 9.34. The van der Waals surface area contributed by atoms with Gasteiger partial charge in [0.25, 0.3) is 0 Å². The average molecular weight is 382 g/mol. The lowest BCUT2D eigenvalue weighted by Crippen LogP contribution is -2.27. The number of hydrogen-bond acceptors (Lipinski definition) is 6. The number of carbonyl (C=O) groups is 3. The number of rotatable bonds is 7. The molecule has 0 aliphatic heterocycles. The smallest absolute Gasteiger partial charge is 0.413 e. The molecule has 0 saturated heterocycles. The number of hydrogen-bond donors (Lipinski definition) is 2. The Kier molecular flexibility index (Phi) is 8.08. The summed E-state index contributed by atoms with van der Waals surface area (Å²) in [4.78, 5) is 38.7. The molecule has 0 bridgehead atoms. The van der Waals surface area contributed by atoms with E-state index in [1.165, 1.54) is 6.92 Å². The molecule has 2 N–H and O–H groups in total. The van der Waals surface area contributed by atoms with Gasteiger partial charge in [-0.15, -0.1) is 0 Å². The van der Waals surface area contributed by atoms with Gasteiger partial charge in [0.15, 0.2) is 5.12 Å². The van der Waals surface area contributed by atoms with Crippen LogP contribution in [0, 0.1) is 5.92 Å². The van der Waals surface area contributed by atoms with Gasteiger partial charge in [-0.05, 0) is 44.7 Å². The van der Waals surface area contributed by atoms with Crippen molar-refractivity contribution in [3.05, 3.63) is 23.9 Å². The molecule has 1 aromatic rings. The molecule has 0 spiro atoms. The molecule has 1 aromatic heterocycles. The van der Waals surface area contributed by atoms with Crippen LogP contribution in [-0.2, 0) is 14.3 Å². The predicted molar refractivity (Wildman–Crippen MR) is 101 cm³/mol. The summed E-state index contributed by atoms with van der Waals surface area (Å²) in [5.74, 6) is -1.38. The lowest BCUT2D eigenvalue weighted by molar-refractivity contribution is -0.141. The van der Waals surface area contributed by atoms with Gasteiger partial charge in [-0.2, -0.15) is 0 Å². The Morgan fingerprint density at radius 1 is 1.31 bits per heavy atom. The molecule has 7 nitrogen and oxygen atoms in total. The van der Waals surface area contributed by atoms with Crippen molar-refractivity contribution in [2.45, 2.75) is 52.6 Å². The number of carbonyl (C=O) groups excluding carboxylic acids is 2. The van der Waals surface area contributed by atoms with Crippen molar-refractivity contribution in [2.75, 3.05) is 11.1 Å². The van der Waals surface area contributed by atoms with Crippen LogP contribution in [0.3, 0.4) is 0 Å². The number of carboxylic acids is 1. The molecule has 0 radical (unpaired) electrons. The number of carboxylic acid groups (broad SMARTS) is 1. The quantitative estimate of drug-likeness (QED) is 0.736. The second-order valence-electron chi connectivity index (χ2n) is 6.87. The molecule has 2 atom stereocenters. The zero-order valence-corrected chi connectivity index (χ0v) is 16.6. The summed E-state index contributed by atoms with van der Waals surface area (Å²) >= 11 is 1.01. The van der Waals surface area contributed by atoms with E-state index < -0.39 is 23.6 Å². The predicted octanol–water partition coefficient (Wildman–Crippen LogP) is 3.90. The number of nitrogens with one attached hydrogen (secondary N) is 1. The first-order valence-electron chi connectivity index (χ1n) is 8.35. The fraction of sp³-hybridized carbons (Fsp3) is 0.556. The number of thioether (sulfide) groups is 1. The number of ether oxygens (including phenoxy) is 1. The van der Waals surface area contributed by atoms with E-state index >= 15 is 0 Å². The molecule has 2 unspecified atom stereocenters. The Morgan fingerprint density at radius 3 is 2.38 bits per heavy atom. The SMILES string of the molecule is CCC(c1ccc(NC(=O)OC(C)(C)C)nc1)C(CSC(C)=O)C(=O)O. The molecular weight excluding hydrogens is 356 g/mol. The molecule has 0 aliphatic rings. The Bertz CT molecular complexity index is 640. The van der Waals surface area contributed by atoms with Crippen molar-refractivity contribution in [3.63, 3.8) is 0 Å². The van der Waals surface area contributed by atoms with Crippen LogP contribution in [0.2, 0.25) is 0 Å². The topological polar surface area (TPSA) is 106 Å². The number of anilines is 1. The maximum atomic E-state index is 11.8. The van der Waals surface area contributed by atoms with Gasteiger partial charge in [0.2, 0.25) is 0 Å². The van der Waals surface area contributed by atoms with Crippen molar-refractivity contribution in [1.29, 1.82) is 0 Å². The third-order valence-corrected chi connectivity index (χ3v) is 4.48. The minimum atomic E-state index is -0.943. The fourth-order valence-corrected chi connectivity index (χ4v) is 3.22. The standard InChI is InChI=1S/C18H26N2O5S/c1-6-13(14(16(22)23)10-26-11(2)21)12-7-8-15(19-9-12)20-17(24)25-18(3,4)5/h7-9,13-14H,6,10H2,1-5H3,(H,22,23)(H,19,20,24). The van der Waals surface area contributed by atoms with Gasteiger partial charge >= 0.3 is 12.1 Å². The van der Waals surface area contributed by atoms with E-state index in [2.05, 4.69) is 10.3 Å². The molecule has 0 fully saturated rings. The van der Waals surface area contributed by atoms with E-state index in [1.54, 1.807) is 39.1 Å². The lowest BCUT2D eigenvalue weighted by atomic mass is 9.86. The first kappa shape index (κ1) is 22.0. The van der Waals surface area contributed by atoms with Gasteiger partial charge < -0.3 is 9.84 Å². The second kappa shape index (κ2) is 9.56. The van der Waals surface area contributed by atoms with E-state index in [9.17, 15) is 19.5 Å². The fourth-order valence-electron chi connectivity index (χ4n) is 2.43. The molecular formula is C18H26N2O5S. The van der Waals surface area contributed by atoms with Crippen LogP contribution in [-0.4, -0.2) is 38.6 Å². The van der Waals surface area contributed by atoms with Crippen LogP contribution >= 0.6 is 11.8 Å².